The molecular weight excluding hydrogens is 258 g/mol. The van der Waals surface area contributed by atoms with Crippen molar-refractivity contribution < 1.29 is 4.79 Å². The molecule has 2 heterocycles. The number of nitrogens with zero attached hydrogens (tertiary/aromatic N) is 1. The molecule has 0 aromatic carbocycles. The monoisotopic (exact) mass is 271 g/mol. The van der Waals surface area contributed by atoms with E-state index in [-0.39, 0.29) is 5.91 Å². The van der Waals surface area contributed by atoms with Crippen molar-refractivity contribution in [1.29, 1.82) is 0 Å². The lowest BCUT2D eigenvalue weighted by Gasteiger charge is -2.02. The van der Waals surface area contributed by atoms with Crippen molar-refractivity contribution in [3.63, 3.8) is 0 Å². The normalized spacial score (nSPS) is 9.53. The Kier molecular flexibility index (Phi) is 4.67. The quantitative estimate of drug-likeness (QED) is 0.829. The van der Waals surface area contributed by atoms with Gasteiger partial charge < -0.3 is 11.1 Å². The molecule has 96 valence electrons. The summed E-state index contributed by atoms with van der Waals surface area (Å²) in [6.07, 6.45) is 3.20. The largest absolute Gasteiger partial charge is 0.347 e. The van der Waals surface area contributed by atoms with Gasteiger partial charge in [-0.05, 0) is 18.2 Å². The molecule has 0 radical (unpaired) electrons. The number of hydrogen-bond acceptors (Lipinski definition) is 4. The summed E-state index contributed by atoms with van der Waals surface area (Å²) in [5.41, 5.74) is 6.85. The predicted molar refractivity (Wildman–Crippen MR) is 75.7 cm³/mol. The fourth-order valence-electron chi connectivity index (χ4n) is 1.46. The average Bonchev–Trinajstić information content (AvgIpc) is 2.91. The second kappa shape index (κ2) is 6.69. The Morgan fingerprint density at radius 1 is 1.42 bits per heavy atom. The van der Waals surface area contributed by atoms with Crippen LogP contribution in [0, 0.1) is 11.8 Å². The third-order valence-electron chi connectivity index (χ3n) is 2.35. The maximum absolute atomic E-state index is 11.8. The Morgan fingerprint density at radius 3 is 2.95 bits per heavy atom. The highest BCUT2D eigenvalue weighted by molar-refractivity contribution is 7.10. The van der Waals surface area contributed by atoms with E-state index in [9.17, 15) is 4.79 Å². The molecule has 0 spiro atoms. The van der Waals surface area contributed by atoms with Crippen LogP contribution in [0.4, 0.5) is 0 Å². The van der Waals surface area contributed by atoms with Crippen molar-refractivity contribution in [2.24, 2.45) is 5.73 Å². The van der Waals surface area contributed by atoms with Crippen LogP contribution in [0.2, 0.25) is 0 Å². The number of amides is 1. The number of carbonyl (C=O) groups excluding carboxylic acids is 1. The van der Waals surface area contributed by atoms with E-state index in [0.29, 0.717) is 18.7 Å². The molecule has 0 saturated heterocycles. The SMILES string of the molecule is NCC#Cc1csc(CNC(=O)c2ccncc2)c1. The van der Waals surface area contributed by atoms with Crippen LogP contribution in [0.1, 0.15) is 20.8 Å². The van der Waals surface area contributed by atoms with Gasteiger partial charge in [0.25, 0.3) is 5.91 Å². The van der Waals surface area contributed by atoms with Gasteiger partial charge in [-0.1, -0.05) is 11.8 Å². The number of pyridine rings is 1. The third-order valence-corrected chi connectivity index (χ3v) is 3.29. The van der Waals surface area contributed by atoms with Crippen LogP contribution in [0.3, 0.4) is 0 Å². The highest BCUT2D eigenvalue weighted by Crippen LogP contribution is 2.13. The van der Waals surface area contributed by atoms with Crippen LogP contribution >= 0.6 is 11.3 Å². The van der Waals surface area contributed by atoms with E-state index < -0.39 is 0 Å². The minimum absolute atomic E-state index is 0.106. The maximum atomic E-state index is 11.8. The molecule has 0 fully saturated rings. The van der Waals surface area contributed by atoms with Crippen molar-refractivity contribution in [2.75, 3.05) is 6.54 Å². The average molecular weight is 271 g/mol. The van der Waals surface area contributed by atoms with Gasteiger partial charge in [0.1, 0.15) is 0 Å². The van der Waals surface area contributed by atoms with Crippen molar-refractivity contribution in [3.05, 3.63) is 52.0 Å². The van der Waals surface area contributed by atoms with E-state index in [4.69, 9.17) is 5.73 Å². The van der Waals surface area contributed by atoms with E-state index in [1.165, 1.54) is 0 Å². The van der Waals surface area contributed by atoms with Gasteiger partial charge in [-0.3, -0.25) is 9.78 Å². The van der Waals surface area contributed by atoms with E-state index in [0.717, 1.165) is 10.4 Å². The standard InChI is InChI=1S/C14H13N3OS/c15-5-1-2-11-8-13(19-10-11)9-17-14(18)12-3-6-16-7-4-12/h3-4,6-8,10H,5,9,15H2,(H,17,18). The number of hydrogen-bond donors (Lipinski definition) is 2. The predicted octanol–water partition coefficient (Wildman–Crippen LogP) is 1.38. The number of nitrogens with one attached hydrogen (secondary N) is 1. The Bertz CT molecular complexity index is 610. The molecule has 0 aliphatic heterocycles. The highest BCUT2D eigenvalue weighted by atomic mass is 32.1. The van der Waals surface area contributed by atoms with E-state index in [2.05, 4.69) is 22.1 Å². The highest BCUT2D eigenvalue weighted by Gasteiger charge is 2.05. The van der Waals surface area contributed by atoms with Crippen LogP contribution < -0.4 is 11.1 Å². The second-order valence-corrected chi connectivity index (χ2v) is 4.72. The lowest BCUT2D eigenvalue weighted by molar-refractivity contribution is 0.0951. The molecule has 4 nitrogen and oxygen atoms in total. The number of nitrogens with two attached hydrogens (primary N) is 1. The summed E-state index contributed by atoms with van der Waals surface area (Å²) in [4.78, 5) is 16.8. The lowest BCUT2D eigenvalue weighted by Crippen LogP contribution is -2.22. The number of thiophene rings is 1. The summed E-state index contributed by atoms with van der Waals surface area (Å²) in [6.45, 7) is 0.847. The Morgan fingerprint density at radius 2 is 2.21 bits per heavy atom. The fourth-order valence-corrected chi connectivity index (χ4v) is 2.22. The van der Waals surface area contributed by atoms with Crippen molar-refractivity contribution in [2.45, 2.75) is 6.54 Å². The van der Waals surface area contributed by atoms with Crippen LogP contribution in [-0.4, -0.2) is 17.4 Å². The minimum atomic E-state index is -0.106. The van der Waals surface area contributed by atoms with Crippen molar-refractivity contribution >= 4 is 17.2 Å². The minimum Gasteiger partial charge on any atom is -0.347 e. The zero-order valence-corrected chi connectivity index (χ0v) is 11.0. The molecule has 0 bridgehead atoms. The Balaban J connectivity index is 1.92. The maximum Gasteiger partial charge on any atom is 0.251 e. The van der Waals surface area contributed by atoms with Crippen LogP contribution in [0.25, 0.3) is 0 Å². The summed E-state index contributed by atoms with van der Waals surface area (Å²) < 4.78 is 0. The summed E-state index contributed by atoms with van der Waals surface area (Å²) in [5.74, 6) is 5.65. The smallest absolute Gasteiger partial charge is 0.251 e. The molecule has 2 rings (SSSR count). The molecule has 0 atom stereocenters. The van der Waals surface area contributed by atoms with E-state index in [1.807, 2.05) is 11.4 Å². The zero-order valence-electron chi connectivity index (χ0n) is 10.2. The van der Waals surface area contributed by atoms with Gasteiger partial charge >= 0.3 is 0 Å². The summed E-state index contributed by atoms with van der Waals surface area (Å²) in [7, 11) is 0. The first-order chi connectivity index (χ1) is 9.29. The van der Waals surface area contributed by atoms with Gasteiger partial charge in [0.15, 0.2) is 0 Å². The molecular formula is C14H13N3OS. The molecule has 2 aromatic rings. The van der Waals surface area contributed by atoms with Gasteiger partial charge in [0.2, 0.25) is 0 Å². The molecule has 3 N–H and O–H groups in total. The molecule has 5 heteroatoms. The van der Waals surface area contributed by atoms with E-state index >= 15 is 0 Å². The first kappa shape index (κ1) is 13.3. The molecule has 19 heavy (non-hydrogen) atoms. The molecule has 0 saturated carbocycles. The first-order valence-electron chi connectivity index (χ1n) is 5.74. The number of carbonyl (C=O) groups is 1. The van der Waals surface area contributed by atoms with E-state index in [1.54, 1.807) is 35.9 Å². The summed E-state index contributed by atoms with van der Waals surface area (Å²) >= 11 is 1.57. The third kappa shape index (κ3) is 3.91. The van der Waals surface area contributed by atoms with Crippen molar-refractivity contribution in [3.8, 4) is 11.8 Å². The van der Waals surface area contributed by atoms with Gasteiger partial charge in [0.05, 0.1) is 13.1 Å². The molecule has 0 aliphatic carbocycles. The van der Waals surface area contributed by atoms with Gasteiger partial charge in [-0.25, -0.2) is 0 Å². The van der Waals surface area contributed by atoms with Crippen LogP contribution in [0.5, 0.6) is 0 Å². The second-order valence-electron chi connectivity index (χ2n) is 3.73. The first-order valence-corrected chi connectivity index (χ1v) is 6.62. The topological polar surface area (TPSA) is 68.0 Å². The van der Waals surface area contributed by atoms with Crippen LogP contribution in [-0.2, 0) is 6.54 Å². The summed E-state index contributed by atoms with van der Waals surface area (Å²) in [5, 5.41) is 4.81. The molecule has 2 aromatic heterocycles. The summed E-state index contributed by atoms with van der Waals surface area (Å²) in [6, 6.07) is 5.32. The lowest BCUT2D eigenvalue weighted by atomic mass is 10.2. The van der Waals surface area contributed by atoms with Crippen LogP contribution in [0.15, 0.2) is 36.0 Å². The fraction of sp³-hybridized carbons (Fsp3) is 0.143. The number of aromatic nitrogens is 1. The van der Waals surface area contributed by atoms with Gasteiger partial charge in [-0.2, -0.15) is 0 Å². The van der Waals surface area contributed by atoms with Gasteiger partial charge in [0, 0.05) is 33.8 Å². The van der Waals surface area contributed by atoms with Crippen molar-refractivity contribution in [1.82, 2.24) is 10.3 Å². The van der Waals surface area contributed by atoms with Gasteiger partial charge in [-0.15, -0.1) is 11.3 Å². The Labute approximate surface area is 115 Å². The Hall–Kier alpha value is -2.16. The molecule has 0 aliphatic rings. The molecule has 0 unspecified atom stereocenters. The molecule has 1 amide bonds. The number of rotatable bonds is 3. The zero-order chi connectivity index (χ0) is 13.5.